The average Bonchev–Trinajstić information content (AvgIpc) is 2.41. The highest BCUT2D eigenvalue weighted by Gasteiger charge is 2.08. The van der Waals surface area contributed by atoms with Crippen molar-refractivity contribution < 1.29 is 4.79 Å². The Kier molecular flexibility index (Phi) is 7.00. The molecule has 3 N–H and O–H groups in total. The van der Waals surface area contributed by atoms with Gasteiger partial charge in [-0.05, 0) is 45.1 Å². The van der Waals surface area contributed by atoms with Crippen LogP contribution in [0.3, 0.4) is 0 Å². The molecule has 0 aliphatic rings. The number of nitrogens with zero attached hydrogens (tertiary/aromatic N) is 2. The molecule has 1 amide bonds. The van der Waals surface area contributed by atoms with Gasteiger partial charge in [0, 0.05) is 18.7 Å². The van der Waals surface area contributed by atoms with E-state index in [1.807, 2.05) is 14.0 Å². The number of nitrogen functional groups attached to an aromatic ring is 1. The summed E-state index contributed by atoms with van der Waals surface area (Å²) in [6.07, 6.45) is 1.14. The fraction of sp³-hybridized carbons (Fsp3) is 0.467. The van der Waals surface area contributed by atoms with E-state index in [-0.39, 0.29) is 11.8 Å². The first-order valence-electron chi connectivity index (χ1n) is 6.85. The smallest absolute Gasteiger partial charge is 0.224 e. The fourth-order valence-corrected chi connectivity index (χ4v) is 2.19. The maximum Gasteiger partial charge on any atom is 0.224 e. The number of hydrogen-bond donors (Lipinski definition) is 2. The van der Waals surface area contributed by atoms with E-state index in [1.54, 1.807) is 18.2 Å². The van der Waals surface area contributed by atoms with Gasteiger partial charge in [0.2, 0.25) is 5.91 Å². The van der Waals surface area contributed by atoms with E-state index in [0.29, 0.717) is 29.4 Å². The van der Waals surface area contributed by atoms with Gasteiger partial charge in [-0.15, -0.1) is 0 Å². The van der Waals surface area contributed by atoms with E-state index in [9.17, 15) is 4.79 Å². The van der Waals surface area contributed by atoms with Crippen LogP contribution in [0.4, 0.5) is 11.4 Å². The molecule has 21 heavy (non-hydrogen) atoms. The molecule has 114 valence electrons. The molecule has 0 saturated heterocycles. The summed E-state index contributed by atoms with van der Waals surface area (Å²) in [5.41, 5.74) is 6.73. The van der Waals surface area contributed by atoms with Crippen LogP contribution in [0.5, 0.6) is 0 Å². The van der Waals surface area contributed by atoms with Crippen LogP contribution in [0.25, 0.3) is 0 Å². The minimum Gasteiger partial charge on any atom is -0.399 e. The van der Waals surface area contributed by atoms with Gasteiger partial charge >= 0.3 is 0 Å². The maximum absolute atomic E-state index is 11.8. The van der Waals surface area contributed by atoms with Crippen molar-refractivity contribution in [3.63, 3.8) is 0 Å². The summed E-state index contributed by atoms with van der Waals surface area (Å²) < 4.78 is 0. The van der Waals surface area contributed by atoms with Crippen molar-refractivity contribution >= 4 is 28.9 Å². The van der Waals surface area contributed by atoms with Crippen molar-refractivity contribution in [2.75, 3.05) is 31.2 Å². The predicted molar refractivity (Wildman–Crippen MR) is 86.0 cm³/mol. The van der Waals surface area contributed by atoms with Crippen LogP contribution in [-0.4, -0.2) is 30.9 Å². The van der Waals surface area contributed by atoms with Crippen molar-refractivity contribution in [2.24, 2.45) is 5.92 Å². The Hall–Kier alpha value is -1.77. The van der Waals surface area contributed by atoms with Crippen molar-refractivity contribution in [1.82, 2.24) is 4.90 Å². The molecule has 1 aromatic carbocycles. The molecular formula is C15H21ClN4O. The van der Waals surface area contributed by atoms with Crippen molar-refractivity contribution in [3.05, 3.63) is 23.2 Å². The number of halogens is 1. The summed E-state index contributed by atoms with van der Waals surface area (Å²) in [7, 11) is 1.95. The Morgan fingerprint density at radius 1 is 1.57 bits per heavy atom. The molecule has 1 unspecified atom stereocenters. The SMILES string of the molecule is CC(C#N)CN(C)CCCC(=O)Nc1ccc(N)cc1Cl. The summed E-state index contributed by atoms with van der Waals surface area (Å²) in [5.74, 6) is -0.0826. The summed E-state index contributed by atoms with van der Waals surface area (Å²) in [6, 6.07) is 7.18. The van der Waals surface area contributed by atoms with Gasteiger partial charge in [-0.3, -0.25) is 4.79 Å². The number of carbonyl (C=O) groups is 1. The standard InChI is InChI=1S/C15H21ClN4O/c1-11(9-17)10-20(2)7-3-4-15(21)19-14-6-5-12(18)8-13(14)16/h5-6,8,11H,3-4,7,10,18H2,1-2H3,(H,19,21). The van der Waals surface area contributed by atoms with Crippen molar-refractivity contribution in [2.45, 2.75) is 19.8 Å². The second kappa shape index (κ2) is 8.50. The van der Waals surface area contributed by atoms with E-state index in [0.717, 1.165) is 13.0 Å². The third-order valence-corrected chi connectivity index (χ3v) is 3.33. The molecule has 5 nitrogen and oxygen atoms in total. The quantitative estimate of drug-likeness (QED) is 0.759. The van der Waals surface area contributed by atoms with Crippen molar-refractivity contribution in [1.29, 1.82) is 5.26 Å². The highest BCUT2D eigenvalue weighted by molar-refractivity contribution is 6.34. The van der Waals surface area contributed by atoms with Gasteiger partial charge < -0.3 is 16.0 Å². The van der Waals surface area contributed by atoms with Crippen LogP contribution < -0.4 is 11.1 Å². The number of anilines is 2. The van der Waals surface area contributed by atoms with E-state index < -0.39 is 0 Å². The number of nitrogens with one attached hydrogen (secondary N) is 1. The Bertz CT molecular complexity index is 527. The molecule has 0 aliphatic carbocycles. The fourth-order valence-electron chi connectivity index (χ4n) is 1.95. The molecule has 1 atom stereocenters. The van der Waals surface area contributed by atoms with Gasteiger partial charge in [0.15, 0.2) is 0 Å². The van der Waals surface area contributed by atoms with E-state index in [1.165, 1.54) is 0 Å². The number of carbonyl (C=O) groups excluding carboxylic acids is 1. The van der Waals surface area contributed by atoms with Crippen molar-refractivity contribution in [3.8, 4) is 6.07 Å². The Balaban J connectivity index is 2.33. The zero-order chi connectivity index (χ0) is 15.8. The highest BCUT2D eigenvalue weighted by Crippen LogP contribution is 2.24. The van der Waals surface area contributed by atoms with Crippen LogP contribution in [0.1, 0.15) is 19.8 Å². The van der Waals surface area contributed by atoms with Crippen LogP contribution in [0.15, 0.2) is 18.2 Å². The topological polar surface area (TPSA) is 82.2 Å². The van der Waals surface area contributed by atoms with E-state index in [4.69, 9.17) is 22.6 Å². The normalized spacial score (nSPS) is 12.0. The number of rotatable bonds is 7. The minimum atomic E-state index is -0.0802. The molecular weight excluding hydrogens is 288 g/mol. The lowest BCUT2D eigenvalue weighted by Gasteiger charge is -2.17. The van der Waals surface area contributed by atoms with Gasteiger partial charge in [-0.1, -0.05) is 11.6 Å². The van der Waals surface area contributed by atoms with Crippen LogP contribution >= 0.6 is 11.6 Å². The second-order valence-electron chi connectivity index (χ2n) is 5.18. The maximum atomic E-state index is 11.8. The number of hydrogen-bond acceptors (Lipinski definition) is 4. The lowest BCUT2D eigenvalue weighted by atomic mass is 10.2. The third kappa shape index (κ3) is 6.48. The molecule has 0 aromatic heterocycles. The summed E-state index contributed by atoms with van der Waals surface area (Å²) in [5, 5.41) is 11.9. The number of nitrogens with two attached hydrogens (primary N) is 1. The van der Waals surface area contributed by atoms with Gasteiger partial charge in [0.05, 0.1) is 22.7 Å². The van der Waals surface area contributed by atoms with Gasteiger partial charge in [-0.25, -0.2) is 0 Å². The number of amides is 1. The molecule has 1 aromatic rings. The average molecular weight is 309 g/mol. The Morgan fingerprint density at radius 2 is 2.29 bits per heavy atom. The predicted octanol–water partition coefficient (Wildman–Crippen LogP) is 2.73. The molecule has 0 radical (unpaired) electrons. The Morgan fingerprint density at radius 3 is 2.90 bits per heavy atom. The van der Waals surface area contributed by atoms with Gasteiger partial charge in [0.25, 0.3) is 0 Å². The summed E-state index contributed by atoms with van der Waals surface area (Å²) in [6.45, 7) is 3.36. The van der Waals surface area contributed by atoms with Crippen LogP contribution in [0.2, 0.25) is 5.02 Å². The molecule has 0 fully saturated rings. The van der Waals surface area contributed by atoms with Gasteiger partial charge in [0.1, 0.15) is 0 Å². The summed E-state index contributed by atoms with van der Waals surface area (Å²) in [4.78, 5) is 13.9. The summed E-state index contributed by atoms with van der Waals surface area (Å²) >= 11 is 6.00. The lowest BCUT2D eigenvalue weighted by molar-refractivity contribution is -0.116. The zero-order valence-electron chi connectivity index (χ0n) is 12.4. The Labute approximate surface area is 130 Å². The van der Waals surface area contributed by atoms with Gasteiger partial charge in [-0.2, -0.15) is 5.26 Å². The molecule has 0 bridgehead atoms. The number of nitriles is 1. The first-order chi connectivity index (χ1) is 9.92. The van der Waals surface area contributed by atoms with Crippen LogP contribution in [0, 0.1) is 17.2 Å². The van der Waals surface area contributed by atoms with E-state index >= 15 is 0 Å². The third-order valence-electron chi connectivity index (χ3n) is 3.02. The molecule has 6 heteroatoms. The largest absolute Gasteiger partial charge is 0.399 e. The van der Waals surface area contributed by atoms with Crippen LogP contribution in [-0.2, 0) is 4.79 Å². The molecule has 0 spiro atoms. The molecule has 0 saturated carbocycles. The minimum absolute atomic E-state index is 0.00240. The van der Waals surface area contributed by atoms with E-state index in [2.05, 4.69) is 16.3 Å². The molecule has 0 heterocycles. The first-order valence-corrected chi connectivity index (χ1v) is 7.23. The highest BCUT2D eigenvalue weighted by atomic mass is 35.5. The molecule has 0 aliphatic heterocycles. The first kappa shape index (κ1) is 17.3. The monoisotopic (exact) mass is 308 g/mol. The lowest BCUT2D eigenvalue weighted by Crippen LogP contribution is -2.25. The number of benzene rings is 1. The zero-order valence-corrected chi connectivity index (χ0v) is 13.2. The second-order valence-corrected chi connectivity index (χ2v) is 5.59. The molecule has 1 rings (SSSR count).